The van der Waals surface area contributed by atoms with Crippen LogP contribution >= 0.6 is 15.9 Å². The summed E-state index contributed by atoms with van der Waals surface area (Å²) in [4.78, 5) is 22.5. The molecule has 4 bridgehead atoms. The first-order valence-electron chi connectivity index (χ1n) is 7.11. The SMILES string of the molecule is CCCC[N+]12CC3([N+](=O)[O-])CC1C(Br)C([N+](=O)[O-])(C3)C2. The Hall–Kier alpha value is -0.760. The van der Waals surface area contributed by atoms with Gasteiger partial charge in [0, 0.05) is 9.85 Å². The molecule has 3 saturated heterocycles. The monoisotopic (exact) mass is 348 g/mol. The number of quaternary nitrogens is 1. The Labute approximate surface area is 125 Å². The van der Waals surface area contributed by atoms with Crippen LogP contribution < -0.4 is 0 Å². The van der Waals surface area contributed by atoms with Crippen LogP contribution in [0.1, 0.15) is 32.6 Å². The van der Waals surface area contributed by atoms with Gasteiger partial charge in [0.15, 0.2) is 13.1 Å². The third-order valence-electron chi connectivity index (χ3n) is 5.68. The first-order valence-corrected chi connectivity index (χ1v) is 8.02. The van der Waals surface area contributed by atoms with Gasteiger partial charge in [-0.25, -0.2) is 0 Å². The topological polar surface area (TPSA) is 86.3 Å². The maximum absolute atomic E-state index is 11.6. The first-order chi connectivity index (χ1) is 9.32. The Balaban J connectivity index is 2.04. The minimum atomic E-state index is -1.15. The standard InChI is InChI=1S/C12H19BrN3O4/c1-2-3-4-16-7-11(14(17)18)5-9(16)10(13)12(6-11,8-16)15(19)20/h9-10H,2-8H2,1H3/q+1. The van der Waals surface area contributed by atoms with Crippen LogP contribution in [0.3, 0.4) is 0 Å². The molecule has 7 nitrogen and oxygen atoms in total. The van der Waals surface area contributed by atoms with Gasteiger partial charge < -0.3 is 4.48 Å². The number of hydrogen-bond donors (Lipinski definition) is 0. The molecule has 0 aromatic rings. The molecule has 0 spiro atoms. The fourth-order valence-electron chi connectivity index (χ4n) is 4.96. The molecule has 4 aliphatic rings. The van der Waals surface area contributed by atoms with Crippen molar-refractivity contribution >= 4 is 15.9 Å². The molecular formula is C12H19BrN3O4+. The molecule has 0 radical (unpaired) electrons. The Kier molecular flexibility index (Phi) is 2.93. The fraction of sp³-hybridized carbons (Fsp3) is 1.00. The highest BCUT2D eigenvalue weighted by Crippen LogP contribution is 2.59. The first kappa shape index (κ1) is 14.2. The second-order valence-electron chi connectivity index (χ2n) is 6.80. The third-order valence-corrected chi connectivity index (χ3v) is 7.15. The molecule has 0 aromatic carbocycles. The highest BCUT2D eigenvalue weighted by atomic mass is 79.9. The van der Waals surface area contributed by atoms with Crippen molar-refractivity contribution in [1.29, 1.82) is 0 Å². The van der Waals surface area contributed by atoms with Gasteiger partial charge in [0.2, 0.25) is 0 Å². The van der Waals surface area contributed by atoms with Crippen molar-refractivity contribution in [1.82, 2.24) is 0 Å². The van der Waals surface area contributed by atoms with Gasteiger partial charge in [-0.15, -0.1) is 0 Å². The highest BCUT2D eigenvalue weighted by molar-refractivity contribution is 9.09. The minimum absolute atomic E-state index is 0.0195. The van der Waals surface area contributed by atoms with Crippen LogP contribution in [0.25, 0.3) is 0 Å². The van der Waals surface area contributed by atoms with Crippen LogP contribution in [-0.4, -0.2) is 55.9 Å². The zero-order valence-electron chi connectivity index (χ0n) is 11.5. The summed E-state index contributed by atoms with van der Waals surface area (Å²) < 4.78 is 0.575. The van der Waals surface area contributed by atoms with E-state index in [1.54, 1.807) is 0 Å². The zero-order valence-corrected chi connectivity index (χ0v) is 13.0. The average molecular weight is 349 g/mol. The van der Waals surface area contributed by atoms with Crippen LogP contribution in [-0.2, 0) is 0 Å². The number of unbranched alkanes of at least 4 members (excludes halogenated alkanes) is 1. The molecule has 8 heteroatoms. The normalized spacial score (nSPS) is 48.7. The van der Waals surface area contributed by atoms with E-state index < -0.39 is 11.1 Å². The van der Waals surface area contributed by atoms with Gasteiger partial charge in [0.1, 0.15) is 17.3 Å². The molecule has 0 amide bonds. The molecule has 20 heavy (non-hydrogen) atoms. The smallest absolute Gasteiger partial charge is 0.294 e. The van der Waals surface area contributed by atoms with Gasteiger partial charge >= 0.3 is 0 Å². The lowest BCUT2D eigenvalue weighted by molar-refractivity contribution is -0.945. The summed E-state index contributed by atoms with van der Waals surface area (Å²) in [5, 5.41) is 23.2. The van der Waals surface area contributed by atoms with E-state index in [0.717, 1.165) is 19.4 Å². The van der Waals surface area contributed by atoms with E-state index in [4.69, 9.17) is 0 Å². The predicted molar refractivity (Wildman–Crippen MR) is 75.0 cm³/mol. The zero-order chi connectivity index (χ0) is 14.8. The van der Waals surface area contributed by atoms with Crippen LogP contribution in [0, 0.1) is 20.2 Å². The van der Waals surface area contributed by atoms with Gasteiger partial charge in [-0.3, -0.25) is 20.2 Å². The van der Waals surface area contributed by atoms with Crippen LogP contribution in [0.5, 0.6) is 0 Å². The van der Waals surface area contributed by atoms with E-state index in [-0.39, 0.29) is 27.1 Å². The molecule has 3 heterocycles. The second kappa shape index (κ2) is 4.13. The summed E-state index contributed by atoms with van der Waals surface area (Å²) in [6.07, 6.45) is 2.54. The van der Waals surface area contributed by atoms with Gasteiger partial charge in [-0.05, 0) is 6.42 Å². The van der Waals surface area contributed by atoms with Crippen molar-refractivity contribution < 1.29 is 14.3 Å². The molecule has 0 aromatic heterocycles. The maximum atomic E-state index is 11.6. The third kappa shape index (κ3) is 1.49. The maximum Gasteiger partial charge on any atom is 0.294 e. The lowest BCUT2D eigenvalue weighted by Crippen LogP contribution is -2.65. The molecule has 4 rings (SSSR count). The molecule has 1 aliphatic carbocycles. The molecular weight excluding hydrogens is 330 g/mol. The lowest BCUT2D eigenvalue weighted by Gasteiger charge is -2.38. The molecule has 1 saturated carbocycles. The molecule has 3 aliphatic heterocycles. The Bertz CT molecular complexity index is 489. The molecule has 5 unspecified atom stereocenters. The van der Waals surface area contributed by atoms with Gasteiger partial charge in [0.05, 0.1) is 13.0 Å². The van der Waals surface area contributed by atoms with E-state index in [9.17, 15) is 20.2 Å². The van der Waals surface area contributed by atoms with Crippen molar-refractivity contribution in [3.8, 4) is 0 Å². The summed E-state index contributed by atoms with van der Waals surface area (Å²) in [6.45, 7) is 3.84. The van der Waals surface area contributed by atoms with Gasteiger partial charge in [0.25, 0.3) is 11.1 Å². The van der Waals surface area contributed by atoms with Crippen molar-refractivity contribution in [2.24, 2.45) is 0 Å². The molecule has 0 N–H and O–H groups in total. The Morgan fingerprint density at radius 3 is 2.55 bits per heavy atom. The van der Waals surface area contributed by atoms with Crippen molar-refractivity contribution in [3.05, 3.63) is 20.2 Å². The molecule has 5 atom stereocenters. The number of hydrogen-bond acceptors (Lipinski definition) is 4. The Morgan fingerprint density at radius 2 is 2.00 bits per heavy atom. The highest BCUT2D eigenvalue weighted by Gasteiger charge is 2.85. The summed E-state index contributed by atoms with van der Waals surface area (Å²) >= 11 is 3.53. The number of alkyl halides is 1. The summed E-state index contributed by atoms with van der Waals surface area (Å²) in [5.41, 5.74) is -2.23. The summed E-state index contributed by atoms with van der Waals surface area (Å²) in [6, 6.07) is 0.0195. The number of nitro groups is 2. The second-order valence-corrected chi connectivity index (χ2v) is 7.79. The minimum Gasteiger partial charge on any atom is -0.308 e. The fourth-order valence-corrected chi connectivity index (χ4v) is 6.13. The van der Waals surface area contributed by atoms with Crippen LogP contribution in [0.4, 0.5) is 0 Å². The number of piperidine rings is 1. The quantitative estimate of drug-likeness (QED) is 0.326. The van der Waals surface area contributed by atoms with Gasteiger partial charge in [-0.1, -0.05) is 29.3 Å². The average Bonchev–Trinajstić information content (AvgIpc) is 2.72. The van der Waals surface area contributed by atoms with E-state index in [2.05, 4.69) is 22.9 Å². The Morgan fingerprint density at radius 1 is 1.30 bits per heavy atom. The molecule has 112 valence electrons. The van der Waals surface area contributed by atoms with Crippen LogP contribution in [0.15, 0.2) is 0 Å². The van der Waals surface area contributed by atoms with E-state index in [1.807, 2.05) is 0 Å². The summed E-state index contributed by atoms with van der Waals surface area (Å²) in [7, 11) is 0. The predicted octanol–water partition coefficient (Wildman–Crippen LogP) is 1.59. The van der Waals surface area contributed by atoms with Gasteiger partial charge in [-0.2, -0.15) is 0 Å². The number of nitrogens with zero attached hydrogens (tertiary/aromatic N) is 3. The van der Waals surface area contributed by atoms with Crippen molar-refractivity contribution in [2.45, 2.75) is 54.6 Å². The van der Waals surface area contributed by atoms with Crippen LogP contribution in [0.2, 0.25) is 0 Å². The largest absolute Gasteiger partial charge is 0.308 e. The number of halogens is 1. The van der Waals surface area contributed by atoms with E-state index >= 15 is 0 Å². The lowest BCUT2D eigenvalue weighted by atomic mass is 9.73. The van der Waals surface area contributed by atoms with Crippen molar-refractivity contribution in [3.63, 3.8) is 0 Å². The summed E-state index contributed by atoms with van der Waals surface area (Å²) in [5.74, 6) is 0. The van der Waals surface area contributed by atoms with Crippen molar-refractivity contribution in [2.75, 3.05) is 19.6 Å². The van der Waals surface area contributed by atoms with E-state index in [1.165, 1.54) is 0 Å². The van der Waals surface area contributed by atoms with E-state index in [0.29, 0.717) is 24.0 Å². The molecule has 4 fully saturated rings. The number of rotatable bonds is 5.